The maximum atomic E-state index is 13.4. The first-order valence-electron chi connectivity index (χ1n) is 14.7. The topological polar surface area (TPSA) is 63.3 Å². The van der Waals surface area contributed by atoms with Gasteiger partial charge in [0.25, 0.3) is 0 Å². The zero-order valence-electron chi connectivity index (χ0n) is 23.9. The number of fused-ring (bicyclic) bond motifs is 1. The Bertz CT molecular complexity index is 1120. The Labute approximate surface area is 233 Å². The van der Waals surface area contributed by atoms with Gasteiger partial charge in [0.15, 0.2) is 11.5 Å². The van der Waals surface area contributed by atoms with Gasteiger partial charge in [-0.2, -0.15) is 0 Å². The van der Waals surface area contributed by atoms with E-state index in [1.54, 1.807) is 14.2 Å². The fourth-order valence-corrected chi connectivity index (χ4v) is 6.68. The van der Waals surface area contributed by atoms with E-state index < -0.39 is 0 Å². The second-order valence-corrected chi connectivity index (χ2v) is 11.6. The summed E-state index contributed by atoms with van der Waals surface area (Å²) >= 11 is 0. The zero-order valence-corrected chi connectivity index (χ0v) is 23.9. The van der Waals surface area contributed by atoms with E-state index in [1.807, 2.05) is 12.1 Å². The Hall–Kier alpha value is -2.77. The average Bonchev–Trinajstić information content (AvgIpc) is 3.59. The molecule has 2 aliphatic heterocycles. The van der Waals surface area contributed by atoms with E-state index in [0.717, 1.165) is 74.8 Å². The van der Waals surface area contributed by atoms with E-state index in [0.29, 0.717) is 12.6 Å². The predicted molar refractivity (Wildman–Crippen MR) is 154 cm³/mol. The van der Waals surface area contributed by atoms with Crippen LogP contribution >= 0.6 is 0 Å². The lowest BCUT2D eigenvalue weighted by Gasteiger charge is -2.37. The van der Waals surface area contributed by atoms with Crippen LogP contribution in [0.15, 0.2) is 36.4 Å². The summed E-state index contributed by atoms with van der Waals surface area (Å²) in [6.45, 7) is 4.94. The highest BCUT2D eigenvalue weighted by Gasteiger charge is 2.32. The summed E-state index contributed by atoms with van der Waals surface area (Å²) in [4.78, 5) is 18.2. The minimum Gasteiger partial charge on any atom is -0.493 e. The van der Waals surface area contributed by atoms with Gasteiger partial charge in [0.1, 0.15) is 5.75 Å². The number of piperidine rings is 1. The van der Waals surface area contributed by atoms with Crippen LogP contribution in [0.5, 0.6) is 17.2 Å². The van der Waals surface area contributed by atoms with Crippen LogP contribution in [0.2, 0.25) is 0 Å². The van der Waals surface area contributed by atoms with Gasteiger partial charge in [0.2, 0.25) is 5.91 Å². The van der Waals surface area contributed by atoms with Crippen molar-refractivity contribution in [3.63, 3.8) is 0 Å². The third-order valence-corrected chi connectivity index (χ3v) is 8.84. The molecule has 7 nitrogen and oxygen atoms in total. The largest absolute Gasteiger partial charge is 0.493 e. The van der Waals surface area contributed by atoms with E-state index in [2.05, 4.69) is 46.4 Å². The molecule has 212 valence electrons. The summed E-state index contributed by atoms with van der Waals surface area (Å²) in [5.41, 5.74) is 4.04. The fraction of sp³-hybridized carbons (Fsp3) is 0.594. The molecule has 3 aliphatic rings. The van der Waals surface area contributed by atoms with Crippen LogP contribution in [-0.2, 0) is 24.2 Å². The van der Waals surface area contributed by atoms with E-state index in [-0.39, 0.29) is 17.7 Å². The van der Waals surface area contributed by atoms with E-state index in [9.17, 15) is 4.79 Å². The summed E-state index contributed by atoms with van der Waals surface area (Å²) in [5, 5.41) is 3.27. The molecule has 5 rings (SSSR count). The molecule has 0 bridgehead atoms. The van der Waals surface area contributed by atoms with Crippen LogP contribution in [0.3, 0.4) is 0 Å². The molecule has 2 saturated heterocycles. The highest BCUT2D eigenvalue weighted by Crippen LogP contribution is 2.31. The van der Waals surface area contributed by atoms with Crippen LogP contribution in [0.25, 0.3) is 0 Å². The van der Waals surface area contributed by atoms with Crippen LogP contribution < -0.4 is 19.5 Å². The molecule has 7 heteroatoms. The molecule has 1 amide bonds. The number of amides is 1. The third kappa shape index (κ3) is 7.06. The summed E-state index contributed by atoms with van der Waals surface area (Å²) in [5.74, 6) is 2.82. The fourth-order valence-electron chi connectivity index (χ4n) is 6.68. The molecule has 0 aromatic heterocycles. The predicted octanol–water partition coefficient (Wildman–Crippen LogP) is 4.31. The smallest absolute Gasteiger partial charge is 0.224 e. The van der Waals surface area contributed by atoms with Gasteiger partial charge in [0.05, 0.1) is 26.7 Å². The highest BCUT2D eigenvalue weighted by atomic mass is 16.5. The summed E-state index contributed by atoms with van der Waals surface area (Å²) in [6, 6.07) is 13.2. The first-order chi connectivity index (χ1) is 19.0. The first kappa shape index (κ1) is 27.8. The monoisotopic (exact) mass is 535 g/mol. The quantitative estimate of drug-likeness (QED) is 0.463. The molecule has 3 atom stereocenters. The highest BCUT2D eigenvalue weighted by molar-refractivity contribution is 5.79. The first-order valence-corrected chi connectivity index (χ1v) is 14.7. The van der Waals surface area contributed by atoms with Crippen molar-refractivity contribution in [1.29, 1.82) is 0 Å². The van der Waals surface area contributed by atoms with Crippen molar-refractivity contribution in [3.8, 4) is 17.2 Å². The maximum absolute atomic E-state index is 13.4. The molecule has 0 radical (unpaired) electrons. The number of ether oxygens (including phenoxy) is 3. The van der Waals surface area contributed by atoms with Crippen molar-refractivity contribution in [3.05, 3.63) is 53.1 Å². The van der Waals surface area contributed by atoms with Gasteiger partial charge in [-0.05, 0) is 99.5 Å². The molecule has 0 saturated carbocycles. The van der Waals surface area contributed by atoms with Gasteiger partial charge >= 0.3 is 0 Å². The molecule has 0 unspecified atom stereocenters. The lowest BCUT2D eigenvalue weighted by Crippen LogP contribution is -2.47. The van der Waals surface area contributed by atoms with E-state index in [1.165, 1.54) is 36.8 Å². The molecule has 2 heterocycles. The Balaban J connectivity index is 1.23. The van der Waals surface area contributed by atoms with Gasteiger partial charge in [-0.25, -0.2) is 0 Å². The van der Waals surface area contributed by atoms with Crippen molar-refractivity contribution < 1.29 is 19.0 Å². The lowest BCUT2D eigenvalue weighted by molar-refractivity contribution is -0.127. The number of nitrogens with zero attached hydrogens (tertiary/aromatic N) is 2. The normalized spacial score (nSPS) is 23.4. The van der Waals surface area contributed by atoms with Crippen LogP contribution in [-0.4, -0.2) is 75.8 Å². The Morgan fingerprint density at radius 3 is 2.64 bits per heavy atom. The van der Waals surface area contributed by atoms with E-state index in [4.69, 9.17) is 14.2 Å². The van der Waals surface area contributed by atoms with Crippen LogP contribution in [0.1, 0.15) is 48.8 Å². The number of hydrogen-bond acceptors (Lipinski definition) is 6. The average molecular weight is 536 g/mol. The van der Waals surface area contributed by atoms with Crippen molar-refractivity contribution in [2.45, 2.75) is 57.5 Å². The second-order valence-electron chi connectivity index (χ2n) is 11.6. The van der Waals surface area contributed by atoms with Crippen molar-refractivity contribution in [1.82, 2.24) is 15.1 Å². The number of carbonyl (C=O) groups is 1. The number of likely N-dealkylation sites (tertiary alicyclic amines) is 2. The Kier molecular flexibility index (Phi) is 9.30. The molecular weight excluding hydrogens is 490 g/mol. The van der Waals surface area contributed by atoms with Gasteiger partial charge in [-0.15, -0.1) is 0 Å². The molecule has 39 heavy (non-hydrogen) atoms. The van der Waals surface area contributed by atoms with Crippen molar-refractivity contribution >= 4 is 5.91 Å². The summed E-state index contributed by atoms with van der Waals surface area (Å²) < 4.78 is 17.3. The Morgan fingerprint density at radius 2 is 1.85 bits per heavy atom. The standard InChI is InChI=1S/C32H45N3O4/c1-34-15-5-8-28(34)13-14-33-32(36)27-16-24(22-39-29-11-10-25-6-4-7-26(25)18-29)20-35(21-27)19-23-9-12-30(37-2)31(17-23)38-3/h9-12,17-18,24,27-28H,4-8,13-16,19-22H2,1-3H3,(H,33,36)/t24-,27+,28+/m0/s1. The number of methoxy groups -OCH3 is 2. The molecule has 1 N–H and O–H groups in total. The third-order valence-electron chi connectivity index (χ3n) is 8.84. The van der Waals surface area contributed by atoms with Crippen molar-refractivity contribution in [2.24, 2.45) is 11.8 Å². The number of benzene rings is 2. The number of rotatable bonds is 11. The lowest BCUT2D eigenvalue weighted by atomic mass is 9.88. The molecule has 2 fully saturated rings. The molecule has 2 aromatic rings. The second kappa shape index (κ2) is 13.1. The van der Waals surface area contributed by atoms with Gasteiger partial charge < -0.3 is 24.4 Å². The number of nitrogens with one attached hydrogen (secondary N) is 1. The Morgan fingerprint density at radius 1 is 1.00 bits per heavy atom. The van der Waals surface area contributed by atoms with Crippen molar-refractivity contribution in [2.75, 3.05) is 54.1 Å². The number of hydrogen-bond donors (Lipinski definition) is 1. The SMILES string of the molecule is COc1ccc(CN2C[C@@H](COc3ccc4c(c3)CCC4)C[C@@H](C(=O)NCC[C@H]3CCCN3C)C2)cc1OC. The molecular formula is C32H45N3O4. The minimum atomic E-state index is -0.0474. The van der Waals surface area contributed by atoms with E-state index >= 15 is 0 Å². The van der Waals surface area contributed by atoms with Crippen LogP contribution in [0, 0.1) is 11.8 Å². The zero-order chi connectivity index (χ0) is 27.2. The van der Waals surface area contributed by atoms with Gasteiger partial charge in [-0.1, -0.05) is 12.1 Å². The molecule has 2 aromatic carbocycles. The molecule has 1 aliphatic carbocycles. The summed E-state index contributed by atoms with van der Waals surface area (Å²) in [7, 11) is 5.51. The number of aryl methyl sites for hydroxylation is 2. The van der Waals surface area contributed by atoms with Crippen LogP contribution in [0.4, 0.5) is 0 Å². The minimum absolute atomic E-state index is 0.0474. The van der Waals surface area contributed by atoms with Gasteiger partial charge in [-0.3, -0.25) is 9.69 Å². The number of carbonyl (C=O) groups excluding carboxylic acids is 1. The molecule has 0 spiro atoms. The summed E-state index contributed by atoms with van der Waals surface area (Å²) in [6.07, 6.45) is 7.93. The van der Waals surface area contributed by atoms with Gasteiger partial charge in [0, 0.05) is 38.1 Å². The maximum Gasteiger partial charge on any atom is 0.224 e.